The molecule has 0 bridgehead atoms. The molecule has 0 aliphatic rings. The molecule has 0 saturated carbocycles. The van der Waals surface area contributed by atoms with Crippen molar-refractivity contribution in [3.8, 4) is 21.3 Å². The first-order valence-electron chi connectivity index (χ1n) is 8.70. The van der Waals surface area contributed by atoms with E-state index in [1.54, 1.807) is 22.7 Å². The predicted octanol–water partition coefficient (Wildman–Crippen LogP) is 7.51. The van der Waals surface area contributed by atoms with E-state index in [1.165, 1.54) is 0 Å². The van der Waals surface area contributed by atoms with Gasteiger partial charge in [-0.1, -0.05) is 42.5 Å². The summed E-state index contributed by atoms with van der Waals surface area (Å²) >= 11 is 3.36. The molecule has 0 fully saturated rings. The lowest BCUT2D eigenvalue weighted by Crippen LogP contribution is -2.00. The lowest BCUT2D eigenvalue weighted by Gasteiger charge is -2.13. The first-order valence-corrected chi connectivity index (χ1v) is 10.5. The van der Waals surface area contributed by atoms with E-state index in [9.17, 15) is 0 Å². The molecule has 0 amide bonds. The second-order valence-electron chi connectivity index (χ2n) is 6.20. The standard InChI is InChI=1S/C23H16O2S2/c1-2-6-16(7-3-1)23(19-12-10-17(24-19)21-8-4-14-26-21)20-13-11-18(25-20)22-9-5-15-27-22/h1-15,23H. The summed E-state index contributed by atoms with van der Waals surface area (Å²) < 4.78 is 12.5. The van der Waals surface area contributed by atoms with Gasteiger partial charge in [0.05, 0.1) is 9.75 Å². The van der Waals surface area contributed by atoms with Crippen LogP contribution in [0.15, 0.2) is 98.5 Å². The van der Waals surface area contributed by atoms with Crippen molar-refractivity contribution in [2.45, 2.75) is 5.92 Å². The second kappa shape index (κ2) is 7.06. The Hall–Kier alpha value is -2.82. The maximum absolute atomic E-state index is 6.25. The zero-order valence-electron chi connectivity index (χ0n) is 14.4. The Kier molecular flexibility index (Phi) is 4.28. The van der Waals surface area contributed by atoms with Crippen LogP contribution in [0.5, 0.6) is 0 Å². The first kappa shape index (κ1) is 16.4. The summed E-state index contributed by atoms with van der Waals surface area (Å²) in [4.78, 5) is 2.26. The van der Waals surface area contributed by atoms with E-state index in [1.807, 2.05) is 30.3 Å². The molecule has 5 rings (SSSR count). The van der Waals surface area contributed by atoms with Gasteiger partial charge in [-0.25, -0.2) is 0 Å². The highest BCUT2D eigenvalue weighted by Gasteiger charge is 2.24. The van der Waals surface area contributed by atoms with Crippen molar-refractivity contribution in [1.29, 1.82) is 0 Å². The maximum Gasteiger partial charge on any atom is 0.144 e. The molecule has 4 aromatic heterocycles. The van der Waals surface area contributed by atoms with E-state index >= 15 is 0 Å². The summed E-state index contributed by atoms with van der Waals surface area (Å²) in [6.45, 7) is 0. The molecular weight excluding hydrogens is 372 g/mol. The third-order valence-corrected chi connectivity index (χ3v) is 6.25. The molecule has 0 aliphatic carbocycles. The van der Waals surface area contributed by atoms with Crippen LogP contribution in [0.25, 0.3) is 21.3 Å². The molecule has 0 N–H and O–H groups in total. The molecule has 5 aromatic rings. The predicted molar refractivity (Wildman–Crippen MR) is 111 cm³/mol. The zero-order valence-corrected chi connectivity index (χ0v) is 16.0. The fourth-order valence-electron chi connectivity index (χ4n) is 3.23. The minimum absolute atomic E-state index is 0.0753. The number of thiophene rings is 2. The summed E-state index contributed by atoms with van der Waals surface area (Å²) in [5, 5.41) is 4.12. The van der Waals surface area contributed by atoms with Gasteiger partial charge in [0.1, 0.15) is 29.0 Å². The molecule has 0 atom stereocenters. The number of rotatable bonds is 5. The van der Waals surface area contributed by atoms with Crippen LogP contribution < -0.4 is 0 Å². The Balaban J connectivity index is 1.58. The number of benzene rings is 1. The smallest absolute Gasteiger partial charge is 0.144 e. The van der Waals surface area contributed by atoms with Crippen LogP contribution in [0, 0.1) is 0 Å². The van der Waals surface area contributed by atoms with Crippen molar-refractivity contribution in [1.82, 2.24) is 0 Å². The Morgan fingerprint density at radius 3 is 1.59 bits per heavy atom. The average Bonchev–Trinajstić information content (AvgIpc) is 3.50. The van der Waals surface area contributed by atoms with E-state index in [0.29, 0.717) is 0 Å². The van der Waals surface area contributed by atoms with Gasteiger partial charge in [0.15, 0.2) is 0 Å². The molecule has 0 unspecified atom stereocenters. The zero-order chi connectivity index (χ0) is 18.1. The minimum Gasteiger partial charge on any atom is -0.459 e. The molecule has 4 heteroatoms. The van der Waals surface area contributed by atoms with Gasteiger partial charge < -0.3 is 8.83 Å². The Morgan fingerprint density at radius 1 is 0.556 bits per heavy atom. The summed E-state index contributed by atoms with van der Waals surface area (Å²) in [5.74, 6) is 3.49. The van der Waals surface area contributed by atoms with E-state index in [2.05, 4.69) is 59.3 Å². The van der Waals surface area contributed by atoms with Gasteiger partial charge in [0.25, 0.3) is 0 Å². The molecule has 4 heterocycles. The Morgan fingerprint density at radius 2 is 1.11 bits per heavy atom. The highest BCUT2D eigenvalue weighted by atomic mass is 32.1. The van der Waals surface area contributed by atoms with Crippen LogP contribution in [0.1, 0.15) is 23.0 Å². The highest BCUT2D eigenvalue weighted by molar-refractivity contribution is 7.13. The van der Waals surface area contributed by atoms with Gasteiger partial charge in [-0.05, 0) is 52.7 Å². The van der Waals surface area contributed by atoms with E-state index < -0.39 is 0 Å². The fraction of sp³-hybridized carbons (Fsp3) is 0.0435. The van der Waals surface area contributed by atoms with Crippen LogP contribution >= 0.6 is 22.7 Å². The molecule has 0 aliphatic heterocycles. The maximum atomic E-state index is 6.25. The quantitative estimate of drug-likeness (QED) is 0.311. The fourth-order valence-corrected chi connectivity index (χ4v) is 4.61. The second-order valence-corrected chi connectivity index (χ2v) is 8.10. The monoisotopic (exact) mass is 388 g/mol. The third kappa shape index (κ3) is 3.18. The van der Waals surface area contributed by atoms with Crippen molar-refractivity contribution < 1.29 is 8.83 Å². The molecule has 2 nitrogen and oxygen atoms in total. The lowest BCUT2D eigenvalue weighted by atomic mass is 9.94. The van der Waals surface area contributed by atoms with Gasteiger partial charge in [0.2, 0.25) is 0 Å². The number of hydrogen-bond donors (Lipinski definition) is 0. The number of furan rings is 2. The normalized spacial score (nSPS) is 11.3. The van der Waals surface area contributed by atoms with Gasteiger partial charge in [0, 0.05) is 0 Å². The van der Waals surface area contributed by atoms with Crippen LogP contribution in [0.4, 0.5) is 0 Å². The highest BCUT2D eigenvalue weighted by Crippen LogP contribution is 2.38. The van der Waals surface area contributed by atoms with Gasteiger partial charge in [-0.15, -0.1) is 22.7 Å². The van der Waals surface area contributed by atoms with Crippen LogP contribution in [-0.2, 0) is 0 Å². The van der Waals surface area contributed by atoms with Crippen molar-refractivity contribution in [3.63, 3.8) is 0 Å². The third-order valence-electron chi connectivity index (χ3n) is 4.48. The van der Waals surface area contributed by atoms with Gasteiger partial charge in [-0.2, -0.15) is 0 Å². The molecule has 1 aromatic carbocycles. The van der Waals surface area contributed by atoms with E-state index in [-0.39, 0.29) is 5.92 Å². The molecule has 0 radical (unpaired) electrons. The van der Waals surface area contributed by atoms with Crippen LogP contribution in [0.3, 0.4) is 0 Å². The Bertz CT molecular complexity index is 1040. The van der Waals surface area contributed by atoms with Crippen LogP contribution in [0.2, 0.25) is 0 Å². The SMILES string of the molecule is c1ccc(C(c2ccc(-c3cccs3)o2)c2ccc(-c3cccs3)o2)cc1. The first-order chi connectivity index (χ1) is 13.4. The van der Waals surface area contributed by atoms with E-state index in [4.69, 9.17) is 8.83 Å². The van der Waals surface area contributed by atoms with E-state index in [0.717, 1.165) is 38.4 Å². The molecule has 0 saturated heterocycles. The summed E-state index contributed by atoms with van der Waals surface area (Å²) in [5.41, 5.74) is 1.15. The summed E-state index contributed by atoms with van der Waals surface area (Å²) in [6, 6.07) is 26.8. The number of hydrogen-bond acceptors (Lipinski definition) is 4. The molecule has 132 valence electrons. The summed E-state index contributed by atoms with van der Waals surface area (Å²) in [7, 11) is 0. The largest absolute Gasteiger partial charge is 0.459 e. The van der Waals surface area contributed by atoms with Crippen LogP contribution in [-0.4, -0.2) is 0 Å². The van der Waals surface area contributed by atoms with Crippen molar-refractivity contribution in [2.75, 3.05) is 0 Å². The Labute approximate surface area is 165 Å². The lowest BCUT2D eigenvalue weighted by molar-refractivity contribution is 0.462. The van der Waals surface area contributed by atoms with Crippen molar-refractivity contribution in [2.24, 2.45) is 0 Å². The molecule has 27 heavy (non-hydrogen) atoms. The molecular formula is C23H16O2S2. The van der Waals surface area contributed by atoms with Gasteiger partial charge >= 0.3 is 0 Å². The summed E-state index contributed by atoms with van der Waals surface area (Å²) in [6.07, 6.45) is 0. The molecule has 0 spiro atoms. The topological polar surface area (TPSA) is 26.3 Å². The van der Waals surface area contributed by atoms with Gasteiger partial charge in [-0.3, -0.25) is 0 Å². The van der Waals surface area contributed by atoms with Crippen molar-refractivity contribution >= 4 is 22.7 Å². The average molecular weight is 389 g/mol. The van der Waals surface area contributed by atoms with Crippen molar-refractivity contribution in [3.05, 3.63) is 107 Å². The minimum atomic E-state index is -0.0753.